The molecule has 6 atom stereocenters. The Labute approximate surface area is 161 Å². The highest BCUT2D eigenvalue weighted by Gasteiger charge is 2.61. The fraction of sp³-hybridized carbons (Fsp3) is 0.727. The predicted molar refractivity (Wildman–Crippen MR) is 104 cm³/mol. The first-order valence-electron chi connectivity index (χ1n) is 10.0. The van der Waals surface area contributed by atoms with Crippen molar-refractivity contribution in [1.82, 2.24) is 0 Å². The lowest BCUT2D eigenvalue weighted by molar-refractivity contribution is -0.154. The summed E-state index contributed by atoms with van der Waals surface area (Å²) < 4.78 is 5.01. The second-order valence-electron chi connectivity index (χ2n) is 9.11. The Hall–Kier alpha value is -1.78. The molecule has 0 heterocycles. The van der Waals surface area contributed by atoms with Crippen LogP contribution in [0.25, 0.3) is 0 Å². The van der Waals surface area contributed by atoms with E-state index >= 15 is 0 Å². The summed E-state index contributed by atoms with van der Waals surface area (Å²) >= 11 is 0. The van der Waals surface area contributed by atoms with Crippen LogP contribution in [0, 0.1) is 33.5 Å². The lowest BCUT2D eigenvalue weighted by atomic mass is 9.44. The van der Waals surface area contributed by atoms with E-state index in [-0.39, 0.29) is 42.0 Å². The number of ketones is 1. The maximum Gasteiger partial charge on any atom is 0.305 e. The molecule has 3 rings (SSSR count). The predicted octanol–water partition coefficient (Wildman–Crippen LogP) is 4.61. The van der Waals surface area contributed by atoms with E-state index < -0.39 is 10.8 Å². The first-order chi connectivity index (χ1) is 12.7. The Balaban J connectivity index is 2.15. The molecule has 0 aromatic carbocycles. The van der Waals surface area contributed by atoms with Gasteiger partial charge in [-0.05, 0) is 67.4 Å². The summed E-state index contributed by atoms with van der Waals surface area (Å²) in [5, 5.41) is 3.41. The third-order valence-electron chi connectivity index (χ3n) is 7.88. The quantitative estimate of drug-likeness (QED) is 0.410. The lowest BCUT2D eigenvalue weighted by Gasteiger charge is -2.58. The number of hydrogen-bond donors (Lipinski definition) is 0. The average Bonchev–Trinajstić information content (AvgIpc) is 3.03. The van der Waals surface area contributed by atoms with Gasteiger partial charge in [0.1, 0.15) is 6.04 Å². The molecule has 0 radical (unpaired) electrons. The van der Waals surface area contributed by atoms with Crippen molar-refractivity contribution >= 4 is 11.8 Å². The van der Waals surface area contributed by atoms with E-state index in [1.54, 1.807) is 6.08 Å². The summed E-state index contributed by atoms with van der Waals surface area (Å²) in [4.78, 5) is 37.1. The largest absolute Gasteiger partial charge is 0.469 e. The van der Waals surface area contributed by atoms with Crippen LogP contribution >= 0.6 is 0 Å². The number of rotatable bonds is 4. The molecule has 6 unspecified atom stereocenters. The number of carbonyl (C=O) groups is 2. The molecule has 148 valence electrons. The second kappa shape index (κ2) is 6.99. The normalized spacial score (nSPS) is 41.4. The maximum absolute atomic E-state index is 13.2. The monoisotopic (exact) mass is 373 g/mol. The van der Waals surface area contributed by atoms with Crippen molar-refractivity contribution in [3.8, 4) is 0 Å². The zero-order chi connectivity index (χ0) is 20.0. The van der Waals surface area contributed by atoms with Gasteiger partial charge in [-0.25, -0.2) is 0 Å². The van der Waals surface area contributed by atoms with Gasteiger partial charge in [0.2, 0.25) is 0 Å². The van der Waals surface area contributed by atoms with Gasteiger partial charge in [-0.2, -0.15) is 4.91 Å². The van der Waals surface area contributed by atoms with Crippen LogP contribution < -0.4 is 0 Å². The number of fused-ring (bicyclic) bond motifs is 1. The molecule has 0 saturated heterocycles. The summed E-state index contributed by atoms with van der Waals surface area (Å²) in [6.07, 6.45) is 7.25. The summed E-state index contributed by atoms with van der Waals surface area (Å²) in [6.45, 7) is 8.39. The van der Waals surface area contributed by atoms with Crippen LogP contribution in [0.1, 0.15) is 59.8 Å². The molecular weight excluding hydrogens is 342 g/mol. The van der Waals surface area contributed by atoms with E-state index in [4.69, 9.17) is 4.74 Å². The Morgan fingerprint density at radius 1 is 1.33 bits per heavy atom. The molecule has 1 saturated carbocycles. The number of esters is 1. The summed E-state index contributed by atoms with van der Waals surface area (Å²) in [5.74, 6) is 0.0781. The molecule has 0 amide bonds. The molecule has 0 bridgehead atoms. The zero-order valence-electron chi connectivity index (χ0n) is 17.1. The highest BCUT2D eigenvalue weighted by atomic mass is 16.5. The van der Waals surface area contributed by atoms with Gasteiger partial charge in [0.05, 0.1) is 13.5 Å². The Morgan fingerprint density at radius 3 is 2.67 bits per heavy atom. The van der Waals surface area contributed by atoms with Gasteiger partial charge in [0, 0.05) is 5.41 Å². The number of carbonyl (C=O) groups excluding carboxylic acids is 2. The molecular formula is C22H31NO4. The van der Waals surface area contributed by atoms with Crippen LogP contribution in [0.15, 0.2) is 28.5 Å². The van der Waals surface area contributed by atoms with Crippen molar-refractivity contribution in [2.24, 2.45) is 33.8 Å². The van der Waals surface area contributed by atoms with Crippen LogP contribution in [-0.4, -0.2) is 24.9 Å². The van der Waals surface area contributed by atoms with Crippen molar-refractivity contribution in [1.29, 1.82) is 0 Å². The highest BCUT2D eigenvalue weighted by Crippen LogP contribution is 2.63. The minimum atomic E-state index is -0.640. The van der Waals surface area contributed by atoms with Gasteiger partial charge < -0.3 is 4.74 Å². The molecule has 1 fully saturated rings. The molecule has 27 heavy (non-hydrogen) atoms. The highest BCUT2D eigenvalue weighted by molar-refractivity contribution is 5.96. The summed E-state index contributed by atoms with van der Waals surface area (Å²) in [5.41, 5.74) is 1.23. The van der Waals surface area contributed by atoms with Crippen LogP contribution in [0.3, 0.4) is 0 Å². The molecule has 5 heteroatoms. The SMILES string of the molecule is COC(=O)CC1C(C)(C2=C(C)CCC2N=O)CCC2C(C)C=CC(=O)C21C. The molecule has 0 aliphatic heterocycles. The number of methoxy groups -OCH3 is 1. The van der Waals surface area contributed by atoms with E-state index in [1.165, 1.54) is 12.7 Å². The number of ether oxygens (including phenoxy) is 1. The van der Waals surface area contributed by atoms with Gasteiger partial charge in [-0.15, -0.1) is 0 Å². The Bertz CT molecular complexity index is 724. The number of nitrogens with zero attached hydrogens (tertiary/aromatic N) is 1. The second-order valence-corrected chi connectivity index (χ2v) is 9.11. The van der Waals surface area contributed by atoms with E-state index in [9.17, 15) is 14.5 Å². The van der Waals surface area contributed by atoms with Crippen molar-refractivity contribution in [2.45, 2.75) is 65.8 Å². The first kappa shape index (κ1) is 20.0. The summed E-state index contributed by atoms with van der Waals surface area (Å²) in [6, 6.07) is -0.345. The zero-order valence-corrected chi connectivity index (χ0v) is 17.1. The molecule has 0 aromatic heterocycles. The van der Waals surface area contributed by atoms with Crippen molar-refractivity contribution in [3.63, 3.8) is 0 Å². The average molecular weight is 373 g/mol. The van der Waals surface area contributed by atoms with Gasteiger partial charge in [0.15, 0.2) is 5.78 Å². The lowest BCUT2D eigenvalue weighted by Crippen LogP contribution is -2.57. The smallest absolute Gasteiger partial charge is 0.305 e. The minimum absolute atomic E-state index is 0.0947. The van der Waals surface area contributed by atoms with Gasteiger partial charge >= 0.3 is 5.97 Å². The van der Waals surface area contributed by atoms with Crippen LogP contribution in [-0.2, 0) is 14.3 Å². The van der Waals surface area contributed by atoms with Gasteiger partial charge in [-0.3, -0.25) is 9.59 Å². The number of nitroso groups, excluding NO2 is 1. The van der Waals surface area contributed by atoms with E-state index in [2.05, 4.69) is 25.9 Å². The first-order valence-corrected chi connectivity index (χ1v) is 10.0. The molecule has 0 aromatic rings. The number of allylic oxidation sites excluding steroid dienone is 3. The van der Waals surface area contributed by atoms with Gasteiger partial charge in [0.25, 0.3) is 0 Å². The van der Waals surface area contributed by atoms with Crippen molar-refractivity contribution in [3.05, 3.63) is 28.2 Å². The maximum atomic E-state index is 13.2. The minimum Gasteiger partial charge on any atom is -0.469 e. The Kier molecular flexibility index (Phi) is 5.17. The van der Waals surface area contributed by atoms with Crippen molar-refractivity contribution < 1.29 is 14.3 Å². The third-order valence-corrected chi connectivity index (χ3v) is 7.88. The van der Waals surface area contributed by atoms with Gasteiger partial charge in [-0.1, -0.05) is 37.6 Å². The van der Waals surface area contributed by atoms with Crippen LogP contribution in [0.5, 0.6) is 0 Å². The van der Waals surface area contributed by atoms with E-state index in [1.807, 2.05) is 13.0 Å². The molecule has 0 N–H and O–H groups in total. The topological polar surface area (TPSA) is 72.8 Å². The third kappa shape index (κ3) is 2.90. The Morgan fingerprint density at radius 2 is 2.04 bits per heavy atom. The molecule has 5 nitrogen and oxygen atoms in total. The number of hydrogen-bond acceptors (Lipinski definition) is 5. The van der Waals surface area contributed by atoms with Crippen molar-refractivity contribution in [2.75, 3.05) is 7.11 Å². The standard InChI is InChI=1S/C22H31NO4/c1-13-7-9-18(24)22(4)15(13)10-11-21(3,17(22)12-19(25)27-5)20-14(2)6-8-16(20)23-26/h7,9,13,15-17H,6,8,10-12H2,1-5H3. The fourth-order valence-electron chi connectivity index (χ4n) is 6.47. The van der Waals surface area contributed by atoms with E-state index in [0.29, 0.717) is 0 Å². The van der Waals surface area contributed by atoms with Crippen LogP contribution in [0.2, 0.25) is 0 Å². The van der Waals surface area contributed by atoms with E-state index in [0.717, 1.165) is 31.3 Å². The van der Waals surface area contributed by atoms with Crippen LogP contribution in [0.4, 0.5) is 0 Å². The molecule has 0 spiro atoms. The molecule has 3 aliphatic carbocycles. The fourth-order valence-corrected chi connectivity index (χ4v) is 6.47. The molecule has 3 aliphatic rings. The summed E-state index contributed by atoms with van der Waals surface area (Å²) in [7, 11) is 1.39.